The van der Waals surface area contributed by atoms with E-state index in [1.54, 1.807) is 14.2 Å². The molecule has 2 heteroatoms. The number of aryl methyl sites for hydroxylation is 1. The molecule has 8 aromatic rings. The summed E-state index contributed by atoms with van der Waals surface area (Å²) >= 11 is 0. The van der Waals surface area contributed by atoms with Gasteiger partial charge in [0, 0.05) is 14.2 Å². The van der Waals surface area contributed by atoms with Crippen molar-refractivity contribution in [3.05, 3.63) is 169 Å². The number of benzene rings is 8. The Bertz CT molecular complexity index is 2420. The molecular weight excluding hydrogens is 645 g/mol. The maximum Gasteiger partial charge on any atom is 0.0905 e. The van der Waals surface area contributed by atoms with E-state index in [-0.39, 0.29) is 11.2 Å². The molecule has 8 rings (SSSR count). The lowest BCUT2D eigenvalue weighted by atomic mass is 9.89. The molecule has 0 radical (unpaired) electrons. The predicted octanol–water partition coefficient (Wildman–Crippen LogP) is 14.0. The summed E-state index contributed by atoms with van der Waals surface area (Å²) in [6.07, 6.45) is 0. The molecule has 0 fully saturated rings. The van der Waals surface area contributed by atoms with Crippen molar-refractivity contribution in [2.75, 3.05) is 14.2 Å². The van der Waals surface area contributed by atoms with Crippen LogP contribution in [0.15, 0.2) is 164 Å². The summed E-state index contributed by atoms with van der Waals surface area (Å²) in [7, 11) is 3.39. The fourth-order valence-electron chi connectivity index (χ4n) is 7.08. The number of rotatable bonds is 7. The molecule has 0 saturated carbocycles. The molecule has 2 nitrogen and oxygen atoms in total. The summed E-state index contributed by atoms with van der Waals surface area (Å²) in [6.45, 7) is 10.2. The molecule has 0 spiro atoms. The van der Waals surface area contributed by atoms with Gasteiger partial charge in [-0.05, 0) is 147 Å². The zero-order chi connectivity index (χ0) is 37.2. The van der Waals surface area contributed by atoms with Crippen LogP contribution in [0, 0.1) is 6.92 Å². The van der Waals surface area contributed by atoms with Gasteiger partial charge in [0.1, 0.15) is 0 Å². The predicted molar refractivity (Wildman–Crippen MR) is 228 cm³/mol. The first kappa shape index (κ1) is 35.8. The smallest absolute Gasteiger partial charge is 0.0905 e. The third kappa shape index (κ3) is 7.26. The van der Waals surface area contributed by atoms with Crippen LogP contribution in [0.5, 0.6) is 0 Å². The van der Waals surface area contributed by atoms with Crippen LogP contribution in [0.3, 0.4) is 0 Å². The summed E-state index contributed by atoms with van der Waals surface area (Å²) in [5, 5.41) is 7.82. The zero-order valence-corrected chi connectivity index (χ0v) is 31.9. The Labute approximate surface area is 314 Å². The second kappa shape index (κ2) is 14.8. The quantitative estimate of drug-likeness (QED) is 0.155. The Hall–Kier alpha value is -5.54. The highest BCUT2D eigenvalue weighted by Gasteiger charge is 2.37. The van der Waals surface area contributed by atoms with Gasteiger partial charge in [0.25, 0.3) is 0 Å². The Morgan fingerprint density at radius 3 is 1.04 bits per heavy atom. The molecular formula is C51H48O2. The molecule has 0 unspecified atom stereocenters. The first-order valence-electron chi connectivity index (χ1n) is 18.4. The van der Waals surface area contributed by atoms with E-state index in [4.69, 9.17) is 9.47 Å². The molecule has 0 N–H and O–H groups in total. The highest BCUT2D eigenvalue weighted by molar-refractivity contribution is 6.25. The van der Waals surface area contributed by atoms with Crippen LogP contribution in [0.4, 0.5) is 0 Å². The van der Waals surface area contributed by atoms with E-state index in [2.05, 4.69) is 171 Å². The number of fused-ring (bicyclic) bond motifs is 6. The summed E-state index contributed by atoms with van der Waals surface area (Å²) in [6, 6.07) is 59.9. The van der Waals surface area contributed by atoms with Crippen LogP contribution in [0.25, 0.3) is 76.8 Å². The molecule has 0 aliphatic rings. The lowest BCUT2D eigenvalue weighted by Crippen LogP contribution is -2.48. The third-order valence-corrected chi connectivity index (χ3v) is 11.1. The van der Waals surface area contributed by atoms with E-state index < -0.39 is 0 Å². The summed E-state index contributed by atoms with van der Waals surface area (Å²) in [4.78, 5) is 0. The highest BCUT2D eigenvalue weighted by Crippen LogP contribution is 2.39. The van der Waals surface area contributed by atoms with Gasteiger partial charge in [-0.1, -0.05) is 133 Å². The van der Waals surface area contributed by atoms with E-state index in [1.807, 2.05) is 27.7 Å². The van der Waals surface area contributed by atoms with Gasteiger partial charge in [0.15, 0.2) is 0 Å². The molecule has 0 aliphatic carbocycles. The van der Waals surface area contributed by atoms with Crippen molar-refractivity contribution in [3.63, 3.8) is 0 Å². The van der Waals surface area contributed by atoms with E-state index >= 15 is 0 Å². The first-order chi connectivity index (χ1) is 25.6. The van der Waals surface area contributed by atoms with E-state index in [9.17, 15) is 0 Å². The van der Waals surface area contributed by atoms with Crippen LogP contribution >= 0.6 is 0 Å². The Kier molecular flexibility index (Phi) is 10.0. The average Bonchev–Trinajstić information content (AvgIpc) is 3.21. The van der Waals surface area contributed by atoms with Crippen molar-refractivity contribution in [3.8, 4) is 44.5 Å². The molecule has 0 atom stereocenters. The number of hydrogen-bond acceptors (Lipinski definition) is 2. The van der Waals surface area contributed by atoms with Crippen LogP contribution in [-0.2, 0) is 9.47 Å². The molecule has 0 bridgehead atoms. The molecule has 0 aliphatic heterocycles. The van der Waals surface area contributed by atoms with Gasteiger partial charge in [-0.3, -0.25) is 0 Å². The minimum atomic E-state index is -0.234. The van der Waals surface area contributed by atoms with Gasteiger partial charge in [-0.25, -0.2) is 0 Å². The second-order valence-electron chi connectivity index (χ2n) is 14.9. The molecule has 0 amide bonds. The molecule has 0 heterocycles. The fraction of sp³-hybridized carbons (Fsp3) is 0.176. The van der Waals surface area contributed by atoms with Crippen molar-refractivity contribution < 1.29 is 9.47 Å². The van der Waals surface area contributed by atoms with Crippen molar-refractivity contribution >= 4 is 32.3 Å². The zero-order valence-electron chi connectivity index (χ0n) is 31.9. The van der Waals surface area contributed by atoms with Crippen molar-refractivity contribution in [2.24, 2.45) is 0 Å². The van der Waals surface area contributed by atoms with Gasteiger partial charge < -0.3 is 9.47 Å². The number of ether oxygens (including phenoxy) is 2. The largest absolute Gasteiger partial charge is 0.376 e. The standard InChI is InChI=1S/C43H30.C8H18O2/c1-29-22-33(32-20-21-42-40-18-9-8-16-38(40)39-17-10-11-19-41(39)43(42)28-32)24-34(23-29)37-26-35(30-12-4-2-5-13-30)25-36(27-37)31-14-6-3-7-15-31;1-7(2,9-5)8(3,4)10-6/h2-28H,1H3;1-6H3. The molecule has 53 heavy (non-hydrogen) atoms. The van der Waals surface area contributed by atoms with Gasteiger partial charge >= 0.3 is 0 Å². The number of hydrogen-bond donors (Lipinski definition) is 0. The number of methoxy groups -OCH3 is 2. The average molecular weight is 693 g/mol. The first-order valence-corrected chi connectivity index (χ1v) is 18.4. The van der Waals surface area contributed by atoms with Gasteiger partial charge in [0.05, 0.1) is 11.2 Å². The lowest BCUT2D eigenvalue weighted by Gasteiger charge is -2.38. The van der Waals surface area contributed by atoms with Crippen LogP contribution in [0.2, 0.25) is 0 Å². The van der Waals surface area contributed by atoms with E-state index in [1.165, 1.54) is 82.4 Å². The SMILES string of the molecule is COC(C)(C)C(C)(C)OC.Cc1cc(-c2cc(-c3ccccc3)cc(-c3ccccc3)c2)cc(-c2ccc3c4ccccc4c4ccccc4c3c2)c1. The maximum absolute atomic E-state index is 5.27. The normalized spacial score (nSPS) is 11.8. The maximum atomic E-state index is 5.27. The Morgan fingerprint density at radius 2 is 0.623 bits per heavy atom. The molecule has 0 aromatic heterocycles. The van der Waals surface area contributed by atoms with Gasteiger partial charge in [0.2, 0.25) is 0 Å². The van der Waals surface area contributed by atoms with Crippen molar-refractivity contribution in [1.82, 2.24) is 0 Å². The Morgan fingerprint density at radius 1 is 0.302 bits per heavy atom. The summed E-state index contributed by atoms with van der Waals surface area (Å²) < 4.78 is 10.5. The van der Waals surface area contributed by atoms with Gasteiger partial charge in [-0.2, -0.15) is 0 Å². The lowest BCUT2D eigenvalue weighted by molar-refractivity contribution is -0.147. The van der Waals surface area contributed by atoms with Crippen LogP contribution < -0.4 is 0 Å². The summed E-state index contributed by atoms with van der Waals surface area (Å²) in [5.41, 5.74) is 10.6. The van der Waals surface area contributed by atoms with Crippen LogP contribution in [0.1, 0.15) is 33.3 Å². The van der Waals surface area contributed by atoms with Crippen LogP contribution in [-0.4, -0.2) is 25.4 Å². The van der Waals surface area contributed by atoms with E-state index in [0.29, 0.717) is 0 Å². The molecule has 0 saturated heterocycles. The molecule has 8 aromatic carbocycles. The monoisotopic (exact) mass is 692 g/mol. The molecule has 264 valence electrons. The summed E-state index contributed by atoms with van der Waals surface area (Å²) in [5.74, 6) is 0. The van der Waals surface area contributed by atoms with Crippen molar-refractivity contribution in [1.29, 1.82) is 0 Å². The Balaban J connectivity index is 0.000000384. The van der Waals surface area contributed by atoms with Gasteiger partial charge in [-0.15, -0.1) is 0 Å². The highest BCUT2D eigenvalue weighted by atomic mass is 16.5. The van der Waals surface area contributed by atoms with E-state index in [0.717, 1.165) is 0 Å². The van der Waals surface area contributed by atoms with Crippen molar-refractivity contribution in [2.45, 2.75) is 45.8 Å². The fourth-order valence-corrected chi connectivity index (χ4v) is 7.08. The second-order valence-corrected chi connectivity index (χ2v) is 14.9. The minimum absolute atomic E-state index is 0.234. The third-order valence-electron chi connectivity index (χ3n) is 11.1. The topological polar surface area (TPSA) is 18.5 Å². The minimum Gasteiger partial charge on any atom is -0.376 e.